The van der Waals surface area contributed by atoms with Crippen LogP contribution in [0.15, 0.2) is 78.9 Å². The fourth-order valence-electron chi connectivity index (χ4n) is 3.94. The molecule has 1 aliphatic heterocycles. The number of H-pyrrole nitrogens is 1. The zero-order valence-corrected chi connectivity index (χ0v) is 15.6. The van der Waals surface area contributed by atoms with Gasteiger partial charge in [0, 0.05) is 34.1 Å². The molecular formula is C24H19N3O2. The van der Waals surface area contributed by atoms with Gasteiger partial charge < -0.3 is 15.6 Å². The third kappa shape index (κ3) is 2.97. The van der Waals surface area contributed by atoms with Crippen LogP contribution in [0.25, 0.3) is 22.2 Å². The first-order valence-electron chi connectivity index (χ1n) is 9.55. The number of para-hydroxylation sites is 1. The number of hydrogen-bond acceptors (Lipinski definition) is 2. The van der Waals surface area contributed by atoms with Crippen molar-refractivity contribution in [3.05, 3.63) is 95.6 Å². The van der Waals surface area contributed by atoms with E-state index < -0.39 is 6.04 Å². The van der Waals surface area contributed by atoms with Gasteiger partial charge in [0.05, 0.1) is 5.69 Å². The largest absolute Gasteiger partial charge is 0.354 e. The third-order valence-corrected chi connectivity index (χ3v) is 5.32. The molecule has 2 amide bonds. The van der Waals surface area contributed by atoms with Crippen LogP contribution >= 0.6 is 0 Å². The standard InChI is InChI=1S/C24H19N3O2/c28-23-17-11-5-4-10-16(17)21-20(18-12-6-7-13-19(18)26-21)22(27-23)24(29)25-14-15-8-2-1-3-9-15/h1-13,22,26H,14H2,(H,25,29)(H,27,28). The average molecular weight is 381 g/mol. The van der Waals surface area contributed by atoms with Crippen molar-refractivity contribution in [3.8, 4) is 11.3 Å². The van der Waals surface area contributed by atoms with Crippen LogP contribution in [-0.2, 0) is 11.3 Å². The molecule has 142 valence electrons. The predicted octanol–water partition coefficient (Wildman–Crippen LogP) is 3.94. The lowest BCUT2D eigenvalue weighted by Gasteiger charge is -2.17. The monoisotopic (exact) mass is 381 g/mol. The highest BCUT2D eigenvalue weighted by Gasteiger charge is 2.33. The van der Waals surface area contributed by atoms with Crippen molar-refractivity contribution in [2.75, 3.05) is 0 Å². The van der Waals surface area contributed by atoms with Gasteiger partial charge in [0.2, 0.25) is 5.91 Å². The Morgan fingerprint density at radius 1 is 0.862 bits per heavy atom. The first-order chi connectivity index (χ1) is 14.2. The SMILES string of the molecule is O=C1NC(C(=O)NCc2ccccc2)c2c([nH]c3ccccc23)-c2ccccc21. The molecule has 5 nitrogen and oxygen atoms in total. The average Bonchev–Trinajstić information content (AvgIpc) is 3.10. The summed E-state index contributed by atoms with van der Waals surface area (Å²) in [6, 6.07) is 24.2. The van der Waals surface area contributed by atoms with Crippen LogP contribution in [0.5, 0.6) is 0 Å². The van der Waals surface area contributed by atoms with Crippen LogP contribution in [0.2, 0.25) is 0 Å². The first kappa shape index (κ1) is 17.3. The topological polar surface area (TPSA) is 74.0 Å². The number of fused-ring (bicyclic) bond motifs is 5. The summed E-state index contributed by atoms with van der Waals surface area (Å²) in [5.74, 6) is -0.491. The lowest BCUT2D eigenvalue weighted by molar-refractivity contribution is -0.123. The summed E-state index contributed by atoms with van der Waals surface area (Å²) in [6.45, 7) is 0.399. The van der Waals surface area contributed by atoms with E-state index in [0.717, 1.165) is 33.3 Å². The minimum Gasteiger partial charge on any atom is -0.354 e. The molecule has 0 saturated heterocycles. The Kier molecular flexibility index (Phi) is 4.13. The van der Waals surface area contributed by atoms with Crippen LogP contribution < -0.4 is 10.6 Å². The quantitative estimate of drug-likeness (QED) is 0.503. The maximum absolute atomic E-state index is 13.2. The highest BCUT2D eigenvalue weighted by Crippen LogP contribution is 2.38. The summed E-state index contributed by atoms with van der Waals surface area (Å²) < 4.78 is 0. The fraction of sp³-hybridized carbons (Fsp3) is 0.0833. The zero-order valence-electron chi connectivity index (χ0n) is 15.6. The molecule has 0 saturated carbocycles. The highest BCUT2D eigenvalue weighted by molar-refractivity contribution is 6.08. The number of benzene rings is 3. The molecule has 0 radical (unpaired) electrons. The van der Waals surface area contributed by atoms with E-state index in [-0.39, 0.29) is 11.8 Å². The molecule has 1 unspecified atom stereocenters. The number of carbonyl (C=O) groups excluding carboxylic acids is 2. The molecule has 29 heavy (non-hydrogen) atoms. The lowest BCUT2D eigenvalue weighted by Crippen LogP contribution is -2.39. The van der Waals surface area contributed by atoms with E-state index in [1.165, 1.54) is 0 Å². The smallest absolute Gasteiger partial charge is 0.252 e. The second-order valence-corrected chi connectivity index (χ2v) is 7.11. The second-order valence-electron chi connectivity index (χ2n) is 7.11. The van der Waals surface area contributed by atoms with E-state index >= 15 is 0 Å². The van der Waals surface area contributed by atoms with E-state index in [2.05, 4.69) is 15.6 Å². The lowest BCUT2D eigenvalue weighted by atomic mass is 9.98. The summed E-state index contributed by atoms with van der Waals surface area (Å²) in [7, 11) is 0. The van der Waals surface area contributed by atoms with Crippen LogP contribution in [-0.4, -0.2) is 16.8 Å². The van der Waals surface area contributed by atoms with Gasteiger partial charge in [0.25, 0.3) is 5.91 Å². The Hall–Kier alpha value is -3.86. The molecule has 2 heterocycles. The Morgan fingerprint density at radius 3 is 2.38 bits per heavy atom. The first-order valence-corrected chi connectivity index (χ1v) is 9.55. The van der Waals surface area contributed by atoms with Crippen LogP contribution in [0.3, 0.4) is 0 Å². The number of aromatic nitrogens is 1. The van der Waals surface area contributed by atoms with Crippen molar-refractivity contribution in [1.29, 1.82) is 0 Å². The van der Waals surface area contributed by atoms with Crippen molar-refractivity contribution in [2.45, 2.75) is 12.6 Å². The van der Waals surface area contributed by atoms with E-state index in [9.17, 15) is 9.59 Å². The van der Waals surface area contributed by atoms with Gasteiger partial charge in [0.15, 0.2) is 0 Å². The molecule has 1 aromatic heterocycles. The van der Waals surface area contributed by atoms with E-state index in [1.807, 2.05) is 72.8 Å². The summed E-state index contributed by atoms with van der Waals surface area (Å²) in [4.78, 5) is 29.5. The molecule has 5 heteroatoms. The van der Waals surface area contributed by atoms with Gasteiger partial charge in [-0.3, -0.25) is 9.59 Å². The number of nitrogens with one attached hydrogen (secondary N) is 3. The van der Waals surface area contributed by atoms with Crippen molar-refractivity contribution in [3.63, 3.8) is 0 Å². The second kappa shape index (κ2) is 6.95. The number of amides is 2. The number of carbonyl (C=O) groups is 2. The van der Waals surface area contributed by atoms with E-state index in [1.54, 1.807) is 6.07 Å². The third-order valence-electron chi connectivity index (χ3n) is 5.32. The molecule has 5 rings (SSSR count). The Bertz CT molecular complexity index is 1230. The number of rotatable bonds is 3. The van der Waals surface area contributed by atoms with Crippen LogP contribution in [0.4, 0.5) is 0 Å². The minimum absolute atomic E-state index is 0.235. The molecule has 3 N–H and O–H groups in total. The summed E-state index contributed by atoms with van der Waals surface area (Å²) in [5, 5.41) is 6.84. The van der Waals surface area contributed by atoms with Gasteiger partial charge >= 0.3 is 0 Å². The highest BCUT2D eigenvalue weighted by atomic mass is 16.2. The fourth-order valence-corrected chi connectivity index (χ4v) is 3.94. The van der Waals surface area contributed by atoms with Gasteiger partial charge in [-0.2, -0.15) is 0 Å². The number of aromatic amines is 1. The van der Waals surface area contributed by atoms with Crippen molar-refractivity contribution in [2.24, 2.45) is 0 Å². The molecule has 0 fully saturated rings. The summed E-state index contributed by atoms with van der Waals surface area (Å²) in [6.07, 6.45) is 0. The zero-order chi connectivity index (χ0) is 19.8. The molecular weight excluding hydrogens is 362 g/mol. The maximum atomic E-state index is 13.2. The van der Waals surface area contributed by atoms with Gasteiger partial charge in [-0.05, 0) is 17.7 Å². The summed E-state index contributed by atoms with van der Waals surface area (Å²) >= 11 is 0. The van der Waals surface area contributed by atoms with Crippen molar-refractivity contribution >= 4 is 22.7 Å². The molecule has 4 aromatic rings. The van der Waals surface area contributed by atoms with Crippen LogP contribution in [0.1, 0.15) is 27.5 Å². The van der Waals surface area contributed by atoms with Crippen LogP contribution in [0, 0.1) is 0 Å². The van der Waals surface area contributed by atoms with Gasteiger partial charge in [-0.15, -0.1) is 0 Å². The molecule has 1 atom stereocenters. The van der Waals surface area contributed by atoms with Crippen molar-refractivity contribution < 1.29 is 9.59 Å². The summed E-state index contributed by atoms with van der Waals surface area (Å²) in [5.41, 5.74) is 4.89. The Morgan fingerprint density at radius 2 is 1.55 bits per heavy atom. The Balaban J connectivity index is 1.60. The van der Waals surface area contributed by atoms with E-state index in [0.29, 0.717) is 12.1 Å². The predicted molar refractivity (Wildman–Crippen MR) is 112 cm³/mol. The molecule has 0 bridgehead atoms. The Labute approximate surface area is 167 Å². The minimum atomic E-state index is -0.787. The molecule has 3 aromatic carbocycles. The number of hydrogen-bond donors (Lipinski definition) is 3. The molecule has 1 aliphatic rings. The maximum Gasteiger partial charge on any atom is 0.252 e. The van der Waals surface area contributed by atoms with Gasteiger partial charge in [0.1, 0.15) is 6.04 Å². The van der Waals surface area contributed by atoms with Gasteiger partial charge in [-0.1, -0.05) is 66.7 Å². The van der Waals surface area contributed by atoms with Gasteiger partial charge in [-0.25, -0.2) is 0 Å². The normalized spacial score (nSPS) is 15.2. The van der Waals surface area contributed by atoms with E-state index in [4.69, 9.17) is 0 Å². The van der Waals surface area contributed by atoms with Crippen molar-refractivity contribution in [1.82, 2.24) is 15.6 Å². The molecule has 0 spiro atoms. The molecule has 0 aliphatic carbocycles.